The van der Waals surface area contributed by atoms with E-state index in [1.165, 1.54) is 24.3 Å². The fraction of sp³-hybridized carbons (Fsp3) is 0.143. The molecule has 0 saturated heterocycles. The zero-order chi connectivity index (χ0) is 28.8. The van der Waals surface area contributed by atoms with Crippen LogP contribution in [0.5, 0.6) is 0 Å². The highest BCUT2D eigenvalue weighted by atomic mass is 35.5. The summed E-state index contributed by atoms with van der Waals surface area (Å²) in [7, 11) is 0. The highest BCUT2D eigenvalue weighted by molar-refractivity contribution is 6.30. The predicted octanol–water partition coefficient (Wildman–Crippen LogP) is 9.95. The number of benzene rings is 3. The Morgan fingerprint density at radius 3 is 1.82 bits per heavy atom. The number of aromatic nitrogens is 2. The third-order valence-electron chi connectivity index (χ3n) is 6.05. The first-order valence-corrected chi connectivity index (χ1v) is 12.3. The molecular formula is C28H20ClF3N8. The minimum absolute atomic E-state index is 0.155. The number of fused-ring (bicyclic) bond motifs is 2. The van der Waals surface area contributed by atoms with E-state index in [9.17, 15) is 13.2 Å². The molecule has 0 aliphatic carbocycles. The molecule has 0 aliphatic rings. The Balaban J connectivity index is 0.000000194. The third kappa shape index (κ3) is 6.08. The molecule has 40 heavy (non-hydrogen) atoms. The molecule has 0 N–H and O–H groups in total. The summed E-state index contributed by atoms with van der Waals surface area (Å²) >= 11 is 5.94. The zero-order valence-electron chi connectivity index (χ0n) is 21.2. The number of rotatable bonds is 5. The summed E-state index contributed by atoms with van der Waals surface area (Å²) < 4.78 is 41.0. The zero-order valence-corrected chi connectivity index (χ0v) is 21.9. The first-order chi connectivity index (χ1) is 19.2. The van der Waals surface area contributed by atoms with Crippen LogP contribution in [0.4, 0.5) is 13.2 Å². The van der Waals surface area contributed by atoms with E-state index >= 15 is 0 Å². The van der Waals surface area contributed by atoms with Crippen LogP contribution < -0.4 is 0 Å². The summed E-state index contributed by atoms with van der Waals surface area (Å²) in [5.74, 6) is -1.30. The topological polar surface area (TPSA) is 123 Å². The van der Waals surface area contributed by atoms with Crippen LogP contribution >= 0.6 is 11.6 Å². The minimum atomic E-state index is -0.515. The molecular weight excluding hydrogens is 541 g/mol. The van der Waals surface area contributed by atoms with E-state index in [4.69, 9.17) is 22.7 Å². The van der Waals surface area contributed by atoms with Crippen LogP contribution in [0, 0.1) is 17.5 Å². The van der Waals surface area contributed by atoms with E-state index in [0.717, 1.165) is 0 Å². The monoisotopic (exact) mass is 560 g/mol. The molecule has 0 unspecified atom stereocenters. The van der Waals surface area contributed by atoms with Crippen LogP contribution in [0.2, 0.25) is 5.15 Å². The Labute approximate surface area is 231 Å². The second kappa shape index (κ2) is 12.4. The lowest BCUT2D eigenvalue weighted by Crippen LogP contribution is -1.99. The van der Waals surface area contributed by atoms with Gasteiger partial charge < -0.3 is 0 Å². The third-order valence-corrected chi connectivity index (χ3v) is 6.35. The lowest BCUT2D eigenvalue weighted by molar-refractivity contribution is 0.628. The van der Waals surface area contributed by atoms with Crippen molar-refractivity contribution in [3.63, 3.8) is 0 Å². The molecule has 2 atom stereocenters. The average molecular weight is 561 g/mol. The maximum atomic E-state index is 14.0. The first-order valence-electron chi connectivity index (χ1n) is 11.9. The molecule has 0 bridgehead atoms. The summed E-state index contributed by atoms with van der Waals surface area (Å²) in [6.45, 7) is 3.42. The molecule has 12 heteroatoms. The van der Waals surface area contributed by atoms with E-state index in [1.807, 2.05) is 0 Å². The maximum Gasteiger partial charge on any atom is 0.149 e. The van der Waals surface area contributed by atoms with Crippen molar-refractivity contribution in [1.29, 1.82) is 0 Å². The minimum Gasteiger partial charge on any atom is -0.244 e. The lowest BCUT2D eigenvalue weighted by atomic mass is 9.99. The van der Waals surface area contributed by atoms with Gasteiger partial charge >= 0.3 is 0 Å². The molecule has 0 amide bonds. The highest BCUT2D eigenvalue weighted by Crippen LogP contribution is 2.33. The van der Waals surface area contributed by atoms with Crippen LogP contribution in [0.25, 0.3) is 53.9 Å². The summed E-state index contributed by atoms with van der Waals surface area (Å²) in [4.78, 5) is 13.9. The van der Waals surface area contributed by atoms with Crippen molar-refractivity contribution in [3.05, 3.63) is 127 Å². The van der Waals surface area contributed by atoms with Gasteiger partial charge in [0.25, 0.3) is 0 Å². The Kier molecular flexibility index (Phi) is 8.71. The van der Waals surface area contributed by atoms with Crippen molar-refractivity contribution in [2.24, 2.45) is 10.2 Å². The molecule has 3 aromatic carbocycles. The van der Waals surface area contributed by atoms with E-state index < -0.39 is 29.5 Å². The van der Waals surface area contributed by atoms with Gasteiger partial charge in [0, 0.05) is 26.2 Å². The van der Waals surface area contributed by atoms with Crippen molar-refractivity contribution in [2.75, 3.05) is 0 Å². The van der Waals surface area contributed by atoms with Gasteiger partial charge in [-0.3, -0.25) is 0 Å². The molecule has 2 aromatic heterocycles. The lowest BCUT2D eigenvalue weighted by Gasteiger charge is -2.14. The number of para-hydroxylation sites is 2. The number of halogens is 4. The van der Waals surface area contributed by atoms with Crippen molar-refractivity contribution in [1.82, 2.24) is 9.97 Å². The second-order valence-electron chi connectivity index (χ2n) is 8.69. The molecule has 0 spiro atoms. The van der Waals surface area contributed by atoms with Crippen molar-refractivity contribution in [3.8, 4) is 11.3 Å². The fourth-order valence-electron chi connectivity index (χ4n) is 4.09. The van der Waals surface area contributed by atoms with Crippen LogP contribution in [-0.4, -0.2) is 9.97 Å². The maximum absolute atomic E-state index is 14.0. The van der Waals surface area contributed by atoms with Crippen LogP contribution in [0.15, 0.2) is 83.0 Å². The smallest absolute Gasteiger partial charge is 0.149 e. The van der Waals surface area contributed by atoms with Crippen LogP contribution in [0.1, 0.15) is 37.1 Å². The van der Waals surface area contributed by atoms with Gasteiger partial charge in [-0.05, 0) is 58.6 Å². The van der Waals surface area contributed by atoms with Crippen LogP contribution in [0.3, 0.4) is 0 Å². The normalized spacial score (nSPS) is 12.1. The number of azide groups is 2. The second-order valence-corrected chi connectivity index (χ2v) is 9.05. The number of pyridine rings is 2. The average Bonchev–Trinajstić information content (AvgIpc) is 2.93. The molecule has 0 aliphatic heterocycles. The van der Waals surface area contributed by atoms with Gasteiger partial charge in [0.15, 0.2) is 0 Å². The number of nitrogens with zero attached hydrogens (tertiary/aromatic N) is 8. The van der Waals surface area contributed by atoms with Crippen LogP contribution in [-0.2, 0) is 0 Å². The van der Waals surface area contributed by atoms with Gasteiger partial charge in [-0.15, -0.1) is 0 Å². The molecule has 5 rings (SSSR count). The standard InChI is InChI=1S/C17H12F2N4.C11H8ClFN4/c1-10(22-23-20)14-9-12-5-3-7-15(19)17(12)21-16(14)11-4-2-6-13(18)8-11;1-6(16-17-14)8-5-7-3-2-4-9(13)10(7)15-11(8)12/h2-10H,1H3;2-6H,1H3/t10-;6-/m00/s1. The largest absolute Gasteiger partial charge is 0.244 e. The Morgan fingerprint density at radius 1 is 0.725 bits per heavy atom. The molecule has 200 valence electrons. The number of hydrogen-bond donors (Lipinski definition) is 0. The van der Waals surface area contributed by atoms with E-state index in [-0.39, 0.29) is 16.2 Å². The van der Waals surface area contributed by atoms with Crippen molar-refractivity contribution < 1.29 is 13.2 Å². The van der Waals surface area contributed by atoms with Crippen molar-refractivity contribution >= 4 is 33.4 Å². The van der Waals surface area contributed by atoms with Gasteiger partial charge in [-0.25, -0.2) is 23.1 Å². The Morgan fingerprint density at radius 2 is 1.25 bits per heavy atom. The molecule has 5 aromatic rings. The quantitative estimate of drug-likeness (QED) is 0.0918. The predicted molar refractivity (Wildman–Crippen MR) is 149 cm³/mol. The molecule has 0 saturated carbocycles. The van der Waals surface area contributed by atoms with E-state index in [2.05, 4.69) is 30.0 Å². The number of hydrogen-bond acceptors (Lipinski definition) is 4. The SMILES string of the molecule is C[C@H](N=[N+]=[N-])c1cc2cccc(F)c2nc1-c1cccc(F)c1.C[C@H](N=[N+]=[N-])c1cc2cccc(F)c2nc1Cl. The molecule has 0 radical (unpaired) electrons. The first kappa shape index (κ1) is 28.2. The van der Waals surface area contributed by atoms with Gasteiger partial charge in [0.1, 0.15) is 33.6 Å². The van der Waals surface area contributed by atoms with Gasteiger partial charge in [0.05, 0.1) is 17.8 Å². The summed E-state index contributed by atoms with van der Waals surface area (Å²) in [5.41, 5.74) is 19.6. The fourth-order valence-corrected chi connectivity index (χ4v) is 4.39. The van der Waals surface area contributed by atoms with Crippen molar-refractivity contribution in [2.45, 2.75) is 25.9 Å². The highest BCUT2D eigenvalue weighted by Gasteiger charge is 2.16. The molecule has 8 nitrogen and oxygen atoms in total. The molecule has 0 fully saturated rings. The van der Waals surface area contributed by atoms with E-state index in [0.29, 0.717) is 33.2 Å². The van der Waals surface area contributed by atoms with Gasteiger partial charge in [-0.2, -0.15) is 0 Å². The van der Waals surface area contributed by atoms with Gasteiger partial charge in [-0.1, -0.05) is 72.1 Å². The van der Waals surface area contributed by atoms with E-state index in [1.54, 1.807) is 62.4 Å². The molecule has 2 heterocycles. The Bertz CT molecular complexity index is 1820. The summed E-state index contributed by atoms with van der Waals surface area (Å²) in [6.07, 6.45) is 0. The summed E-state index contributed by atoms with van der Waals surface area (Å²) in [5, 5.41) is 8.61. The Hall–Kier alpha value is -4.82. The summed E-state index contributed by atoms with van der Waals surface area (Å²) in [6, 6.07) is 17.6. The van der Waals surface area contributed by atoms with Gasteiger partial charge in [0.2, 0.25) is 0 Å².